The van der Waals surface area contributed by atoms with Crippen molar-refractivity contribution in [3.05, 3.63) is 56.4 Å². The summed E-state index contributed by atoms with van der Waals surface area (Å²) < 4.78 is 34.0. The lowest BCUT2D eigenvalue weighted by molar-refractivity contribution is 0.426. The monoisotopic (exact) mass is 379 g/mol. The van der Waals surface area contributed by atoms with Crippen LogP contribution in [0.3, 0.4) is 0 Å². The van der Waals surface area contributed by atoms with Gasteiger partial charge in [-0.2, -0.15) is 0 Å². The molecule has 0 saturated carbocycles. The van der Waals surface area contributed by atoms with E-state index in [-0.39, 0.29) is 5.56 Å². The fraction of sp³-hybridized carbons (Fsp3) is 0.167. The zero-order valence-corrected chi connectivity index (χ0v) is 12.5. The standard InChI is InChI=1S/C12H9Br2F2NO/c1-17-12(9-2-3-10(14)18-9)11-7(15)4-6(13)5-8(11)16/h2-5,12,17H,1H3. The van der Waals surface area contributed by atoms with Crippen LogP contribution in [-0.2, 0) is 0 Å². The maximum atomic E-state index is 13.9. The van der Waals surface area contributed by atoms with Gasteiger partial charge in [0, 0.05) is 10.0 Å². The zero-order valence-electron chi connectivity index (χ0n) is 9.31. The van der Waals surface area contributed by atoms with E-state index in [1.54, 1.807) is 19.2 Å². The van der Waals surface area contributed by atoms with Crippen molar-refractivity contribution in [3.8, 4) is 0 Å². The third-order valence-corrected chi connectivity index (χ3v) is 3.38. The van der Waals surface area contributed by atoms with Gasteiger partial charge < -0.3 is 9.73 Å². The van der Waals surface area contributed by atoms with Crippen LogP contribution in [0.5, 0.6) is 0 Å². The van der Waals surface area contributed by atoms with E-state index >= 15 is 0 Å². The molecule has 1 aromatic heterocycles. The second kappa shape index (κ2) is 5.50. The molecule has 2 aromatic rings. The number of hydrogen-bond donors (Lipinski definition) is 1. The van der Waals surface area contributed by atoms with Gasteiger partial charge >= 0.3 is 0 Å². The lowest BCUT2D eigenvalue weighted by Gasteiger charge is -2.16. The predicted molar refractivity (Wildman–Crippen MR) is 71.4 cm³/mol. The minimum Gasteiger partial charge on any atom is -0.452 e. The number of halogens is 4. The fourth-order valence-electron chi connectivity index (χ4n) is 1.74. The molecule has 0 bridgehead atoms. The van der Waals surface area contributed by atoms with Gasteiger partial charge in [-0.05, 0) is 47.2 Å². The molecule has 1 aromatic carbocycles. The van der Waals surface area contributed by atoms with Gasteiger partial charge in [0.05, 0.1) is 6.04 Å². The van der Waals surface area contributed by atoms with Gasteiger partial charge in [-0.25, -0.2) is 8.78 Å². The molecule has 2 rings (SSSR count). The molecule has 0 saturated heterocycles. The lowest BCUT2D eigenvalue weighted by Crippen LogP contribution is -2.20. The van der Waals surface area contributed by atoms with Crippen molar-refractivity contribution < 1.29 is 13.2 Å². The summed E-state index contributed by atoms with van der Waals surface area (Å²) in [4.78, 5) is 0. The van der Waals surface area contributed by atoms with Crippen LogP contribution in [0.15, 0.2) is 37.8 Å². The summed E-state index contributed by atoms with van der Waals surface area (Å²) in [6.45, 7) is 0. The average Bonchev–Trinajstić information content (AvgIpc) is 2.69. The molecule has 0 radical (unpaired) electrons. The fourth-order valence-corrected chi connectivity index (χ4v) is 2.46. The molecule has 1 atom stereocenters. The molecular weight excluding hydrogens is 372 g/mol. The molecule has 1 heterocycles. The highest BCUT2D eigenvalue weighted by Gasteiger charge is 2.23. The number of hydrogen-bond acceptors (Lipinski definition) is 2. The molecule has 1 N–H and O–H groups in total. The van der Waals surface area contributed by atoms with E-state index in [2.05, 4.69) is 37.2 Å². The molecule has 1 unspecified atom stereocenters. The third-order valence-electron chi connectivity index (χ3n) is 2.50. The Bertz CT molecular complexity index is 548. The molecule has 0 aliphatic heterocycles. The Balaban J connectivity index is 2.51. The van der Waals surface area contributed by atoms with Gasteiger partial charge in [0.15, 0.2) is 4.67 Å². The second-order valence-corrected chi connectivity index (χ2v) is 5.34. The summed E-state index contributed by atoms with van der Waals surface area (Å²) in [6, 6.07) is 5.10. The molecule has 96 valence electrons. The minimum absolute atomic E-state index is 0.0671. The minimum atomic E-state index is -0.676. The Labute approximate surface area is 120 Å². The maximum Gasteiger partial charge on any atom is 0.169 e. The highest BCUT2D eigenvalue weighted by atomic mass is 79.9. The van der Waals surface area contributed by atoms with Crippen LogP contribution in [0.1, 0.15) is 17.4 Å². The van der Waals surface area contributed by atoms with E-state index < -0.39 is 17.7 Å². The Morgan fingerprint density at radius 3 is 2.22 bits per heavy atom. The topological polar surface area (TPSA) is 25.2 Å². The summed E-state index contributed by atoms with van der Waals surface area (Å²) in [6.07, 6.45) is 0. The third kappa shape index (κ3) is 2.65. The SMILES string of the molecule is CNC(c1ccc(Br)o1)c1c(F)cc(Br)cc1F. The molecule has 0 spiro atoms. The molecule has 2 nitrogen and oxygen atoms in total. The Morgan fingerprint density at radius 2 is 1.78 bits per heavy atom. The number of benzene rings is 1. The first-order valence-electron chi connectivity index (χ1n) is 5.10. The summed E-state index contributed by atoms with van der Waals surface area (Å²) >= 11 is 6.21. The molecule has 6 heteroatoms. The smallest absolute Gasteiger partial charge is 0.169 e. The highest BCUT2D eigenvalue weighted by molar-refractivity contribution is 9.10. The van der Waals surface area contributed by atoms with E-state index in [0.717, 1.165) is 0 Å². The van der Waals surface area contributed by atoms with E-state index in [0.29, 0.717) is 14.9 Å². The van der Waals surface area contributed by atoms with Crippen LogP contribution in [0.25, 0.3) is 0 Å². The van der Waals surface area contributed by atoms with E-state index in [4.69, 9.17) is 4.42 Å². The second-order valence-electron chi connectivity index (χ2n) is 3.65. The Hall–Kier alpha value is -0.720. The predicted octanol–water partition coefficient (Wildman–Crippen LogP) is 4.39. The van der Waals surface area contributed by atoms with Crippen LogP contribution < -0.4 is 5.32 Å². The van der Waals surface area contributed by atoms with Crippen LogP contribution in [0.2, 0.25) is 0 Å². The van der Waals surface area contributed by atoms with Crippen molar-refractivity contribution in [3.63, 3.8) is 0 Å². The average molecular weight is 381 g/mol. The summed E-state index contributed by atoms with van der Waals surface area (Å²) in [5.74, 6) is -0.827. The van der Waals surface area contributed by atoms with Crippen molar-refractivity contribution in [1.29, 1.82) is 0 Å². The Morgan fingerprint density at radius 1 is 1.17 bits per heavy atom. The maximum absolute atomic E-state index is 13.9. The van der Waals surface area contributed by atoms with Gasteiger partial charge in [0.1, 0.15) is 17.4 Å². The van der Waals surface area contributed by atoms with Crippen LogP contribution >= 0.6 is 31.9 Å². The van der Waals surface area contributed by atoms with Crippen LogP contribution in [0.4, 0.5) is 8.78 Å². The first-order chi connectivity index (χ1) is 8.52. The molecule has 0 aliphatic rings. The van der Waals surface area contributed by atoms with Crippen molar-refractivity contribution in [2.24, 2.45) is 0 Å². The zero-order chi connectivity index (χ0) is 13.3. The molecule has 0 fully saturated rings. The largest absolute Gasteiger partial charge is 0.452 e. The van der Waals surface area contributed by atoms with Crippen molar-refractivity contribution in [1.82, 2.24) is 5.32 Å². The highest BCUT2D eigenvalue weighted by Crippen LogP contribution is 2.31. The first kappa shape index (κ1) is 13.7. The van der Waals surface area contributed by atoms with E-state index in [1.165, 1.54) is 12.1 Å². The number of furan rings is 1. The summed E-state index contributed by atoms with van der Waals surface area (Å²) in [5, 5.41) is 2.84. The summed E-state index contributed by atoms with van der Waals surface area (Å²) in [5.41, 5.74) is -0.0671. The van der Waals surface area contributed by atoms with Gasteiger partial charge in [0.2, 0.25) is 0 Å². The molecule has 18 heavy (non-hydrogen) atoms. The molecular formula is C12H9Br2F2NO. The molecule has 0 amide bonds. The normalized spacial score (nSPS) is 12.7. The van der Waals surface area contributed by atoms with Gasteiger partial charge in [-0.1, -0.05) is 15.9 Å². The molecule has 0 aliphatic carbocycles. The summed E-state index contributed by atoms with van der Waals surface area (Å²) in [7, 11) is 1.61. The van der Waals surface area contributed by atoms with E-state index in [9.17, 15) is 8.78 Å². The quantitative estimate of drug-likeness (QED) is 0.854. The van der Waals surface area contributed by atoms with Crippen LogP contribution in [-0.4, -0.2) is 7.05 Å². The van der Waals surface area contributed by atoms with Crippen molar-refractivity contribution >= 4 is 31.9 Å². The Kier molecular flexibility index (Phi) is 4.19. The van der Waals surface area contributed by atoms with Gasteiger partial charge in [-0.3, -0.25) is 0 Å². The lowest BCUT2D eigenvalue weighted by atomic mass is 10.0. The van der Waals surface area contributed by atoms with Gasteiger partial charge in [0.25, 0.3) is 0 Å². The van der Waals surface area contributed by atoms with Crippen molar-refractivity contribution in [2.45, 2.75) is 6.04 Å². The number of rotatable bonds is 3. The van der Waals surface area contributed by atoms with E-state index in [1.807, 2.05) is 0 Å². The van der Waals surface area contributed by atoms with Crippen LogP contribution in [0, 0.1) is 11.6 Å². The van der Waals surface area contributed by atoms with Gasteiger partial charge in [-0.15, -0.1) is 0 Å². The van der Waals surface area contributed by atoms with Crippen molar-refractivity contribution in [2.75, 3.05) is 7.05 Å². The first-order valence-corrected chi connectivity index (χ1v) is 6.68. The number of nitrogens with one attached hydrogen (secondary N) is 1.